The number of para-hydroxylation sites is 1. The van der Waals surface area contributed by atoms with E-state index in [0.29, 0.717) is 16.6 Å². The van der Waals surface area contributed by atoms with Crippen LogP contribution in [0.3, 0.4) is 0 Å². The Morgan fingerprint density at radius 1 is 1.25 bits per heavy atom. The lowest BCUT2D eigenvalue weighted by Crippen LogP contribution is -2.32. The third-order valence-corrected chi connectivity index (χ3v) is 3.68. The summed E-state index contributed by atoms with van der Waals surface area (Å²) in [6.45, 7) is 1.31. The van der Waals surface area contributed by atoms with Crippen LogP contribution in [0.1, 0.15) is 16.1 Å². The van der Waals surface area contributed by atoms with Crippen molar-refractivity contribution in [2.75, 3.05) is 0 Å². The summed E-state index contributed by atoms with van der Waals surface area (Å²) in [5.74, 6) is -0.395. The Kier molecular flexibility index (Phi) is 3.60. The predicted molar refractivity (Wildman–Crippen MR) is 85.3 cm³/mol. The number of nitro groups is 1. The lowest BCUT2D eigenvalue weighted by Gasteiger charge is -2.04. The molecule has 24 heavy (non-hydrogen) atoms. The molecular weight excluding hydrogens is 316 g/mol. The molecule has 0 fully saturated rings. The van der Waals surface area contributed by atoms with E-state index < -0.39 is 34.2 Å². The van der Waals surface area contributed by atoms with Gasteiger partial charge in [0.25, 0.3) is 0 Å². The number of aromatic amines is 2. The molecule has 2 heterocycles. The second-order valence-electron chi connectivity index (χ2n) is 5.25. The number of fused-ring (bicyclic) bond motifs is 1. The molecule has 0 radical (unpaired) electrons. The molecule has 122 valence electrons. The highest BCUT2D eigenvalue weighted by Crippen LogP contribution is 2.22. The molecule has 3 rings (SSSR count). The number of hydrogen-bond donors (Lipinski definition) is 2. The van der Waals surface area contributed by atoms with Gasteiger partial charge in [-0.2, -0.15) is 0 Å². The van der Waals surface area contributed by atoms with E-state index in [9.17, 15) is 24.5 Å². The van der Waals surface area contributed by atoms with Crippen molar-refractivity contribution in [1.82, 2.24) is 14.5 Å². The van der Waals surface area contributed by atoms with Crippen molar-refractivity contribution < 1.29 is 9.72 Å². The van der Waals surface area contributed by atoms with Crippen LogP contribution in [0.5, 0.6) is 0 Å². The van der Waals surface area contributed by atoms with Gasteiger partial charge in [0.05, 0.1) is 17.7 Å². The highest BCUT2D eigenvalue weighted by atomic mass is 16.6. The summed E-state index contributed by atoms with van der Waals surface area (Å²) >= 11 is 0. The number of H-pyrrole nitrogens is 2. The zero-order chi connectivity index (χ0) is 17.4. The van der Waals surface area contributed by atoms with Gasteiger partial charge in [-0.3, -0.25) is 29.3 Å². The maximum atomic E-state index is 12.6. The predicted octanol–water partition coefficient (Wildman–Crippen LogP) is 1.12. The van der Waals surface area contributed by atoms with E-state index in [1.807, 2.05) is 17.1 Å². The molecular formula is C15H12N4O5. The van der Waals surface area contributed by atoms with Crippen molar-refractivity contribution >= 4 is 22.4 Å². The Morgan fingerprint density at radius 3 is 2.67 bits per heavy atom. The van der Waals surface area contributed by atoms with E-state index in [0.717, 1.165) is 16.3 Å². The molecule has 1 aromatic carbocycles. The Labute approximate surface area is 133 Å². The van der Waals surface area contributed by atoms with Crippen LogP contribution in [0.25, 0.3) is 10.9 Å². The van der Waals surface area contributed by atoms with Gasteiger partial charge in [-0.15, -0.1) is 0 Å². The number of aromatic nitrogens is 3. The average Bonchev–Trinajstić information content (AvgIpc) is 2.85. The first-order valence-electron chi connectivity index (χ1n) is 6.97. The fourth-order valence-electron chi connectivity index (χ4n) is 2.62. The molecule has 9 nitrogen and oxygen atoms in total. The normalized spacial score (nSPS) is 10.9. The fraction of sp³-hybridized carbons (Fsp3) is 0.133. The van der Waals surface area contributed by atoms with E-state index in [-0.39, 0.29) is 0 Å². The minimum Gasteiger partial charge on any atom is -0.358 e. The molecule has 0 spiro atoms. The smallest absolute Gasteiger partial charge is 0.350 e. The summed E-state index contributed by atoms with van der Waals surface area (Å²) in [7, 11) is 0. The molecule has 0 aliphatic heterocycles. The van der Waals surface area contributed by atoms with Crippen LogP contribution >= 0.6 is 0 Å². The Bertz CT molecular complexity index is 1090. The first-order chi connectivity index (χ1) is 11.4. The maximum Gasteiger partial charge on any atom is 0.350 e. The van der Waals surface area contributed by atoms with Gasteiger partial charge in [-0.25, -0.2) is 4.79 Å². The van der Waals surface area contributed by atoms with Crippen molar-refractivity contribution in [3.05, 3.63) is 72.7 Å². The van der Waals surface area contributed by atoms with Crippen molar-refractivity contribution in [2.24, 2.45) is 0 Å². The molecule has 0 aliphatic rings. The SMILES string of the molecule is Cc1[nH]c2ccccc2c1C(=O)Cn1cc([N+](=O)[O-])c(=O)[nH]c1=O. The first kappa shape index (κ1) is 15.4. The van der Waals surface area contributed by atoms with Gasteiger partial charge < -0.3 is 4.98 Å². The third kappa shape index (κ3) is 2.51. The van der Waals surface area contributed by atoms with Gasteiger partial charge in [0.2, 0.25) is 0 Å². The number of hydrogen-bond acceptors (Lipinski definition) is 5. The van der Waals surface area contributed by atoms with Crippen molar-refractivity contribution in [2.45, 2.75) is 13.5 Å². The minimum absolute atomic E-state index is 0.395. The van der Waals surface area contributed by atoms with E-state index >= 15 is 0 Å². The fourth-order valence-corrected chi connectivity index (χ4v) is 2.62. The van der Waals surface area contributed by atoms with E-state index in [4.69, 9.17) is 0 Å². The molecule has 3 aromatic rings. The van der Waals surface area contributed by atoms with Crippen molar-refractivity contribution in [3.8, 4) is 0 Å². The van der Waals surface area contributed by atoms with Gasteiger partial charge >= 0.3 is 16.9 Å². The average molecular weight is 328 g/mol. The van der Waals surface area contributed by atoms with Crippen LogP contribution in [-0.4, -0.2) is 25.2 Å². The summed E-state index contributed by atoms with van der Waals surface area (Å²) in [6, 6.07) is 7.19. The molecule has 0 bridgehead atoms. The molecule has 2 N–H and O–H groups in total. The van der Waals surface area contributed by atoms with Crippen LogP contribution in [0.15, 0.2) is 40.1 Å². The number of aryl methyl sites for hydroxylation is 1. The molecule has 0 atom stereocenters. The Hall–Kier alpha value is -3.49. The number of nitrogens with zero attached hydrogens (tertiary/aromatic N) is 2. The van der Waals surface area contributed by atoms with Gasteiger partial charge in [0.1, 0.15) is 0 Å². The third-order valence-electron chi connectivity index (χ3n) is 3.68. The summed E-state index contributed by atoms with van der Waals surface area (Å²) < 4.78 is 0.822. The Morgan fingerprint density at radius 2 is 1.96 bits per heavy atom. The molecule has 0 amide bonds. The van der Waals surface area contributed by atoms with E-state index in [1.165, 1.54) is 0 Å². The number of Topliss-reactive ketones (excluding diaryl/α,β-unsaturated/α-hetero) is 1. The van der Waals surface area contributed by atoms with Gasteiger partial charge in [-0.05, 0) is 13.0 Å². The van der Waals surface area contributed by atoms with Crippen molar-refractivity contribution in [1.29, 1.82) is 0 Å². The Balaban J connectivity index is 2.05. The van der Waals surface area contributed by atoms with Crippen LogP contribution < -0.4 is 11.2 Å². The number of carbonyl (C=O) groups excluding carboxylic acids is 1. The van der Waals surface area contributed by atoms with Gasteiger partial charge in [0.15, 0.2) is 5.78 Å². The molecule has 0 unspecified atom stereocenters. The number of ketones is 1. The number of carbonyl (C=O) groups is 1. The lowest BCUT2D eigenvalue weighted by atomic mass is 10.1. The maximum absolute atomic E-state index is 12.6. The van der Waals surface area contributed by atoms with Crippen LogP contribution in [-0.2, 0) is 6.54 Å². The lowest BCUT2D eigenvalue weighted by molar-refractivity contribution is -0.386. The van der Waals surface area contributed by atoms with Crippen LogP contribution in [0.4, 0.5) is 5.69 Å². The standard InChI is InChI=1S/C15H12N4O5/c1-8-13(9-4-2-3-5-10(9)16-8)12(20)7-18-6-11(19(23)24)14(21)17-15(18)22/h2-6,16H,7H2,1H3,(H,17,21,22). The molecule has 9 heteroatoms. The molecule has 0 saturated carbocycles. The molecule has 2 aromatic heterocycles. The number of rotatable bonds is 4. The van der Waals surface area contributed by atoms with E-state index in [2.05, 4.69) is 4.98 Å². The van der Waals surface area contributed by atoms with Gasteiger partial charge in [-0.1, -0.05) is 18.2 Å². The summed E-state index contributed by atoms with van der Waals surface area (Å²) in [5.41, 5.74) is -0.955. The minimum atomic E-state index is -1.10. The topological polar surface area (TPSA) is 131 Å². The monoisotopic (exact) mass is 328 g/mol. The van der Waals surface area contributed by atoms with Gasteiger partial charge in [0, 0.05) is 22.2 Å². The number of benzene rings is 1. The second kappa shape index (κ2) is 5.61. The van der Waals surface area contributed by atoms with Crippen molar-refractivity contribution in [3.63, 3.8) is 0 Å². The van der Waals surface area contributed by atoms with E-state index in [1.54, 1.807) is 19.1 Å². The summed E-state index contributed by atoms with van der Waals surface area (Å²) in [4.78, 5) is 50.6. The highest BCUT2D eigenvalue weighted by molar-refractivity contribution is 6.09. The molecule has 0 saturated heterocycles. The zero-order valence-corrected chi connectivity index (χ0v) is 12.5. The first-order valence-corrected chi connectivity index (χ1v) is 6.97. The molecule has 0 aliphatic carbocycles. The largest absolute Gasteiger partial charge is 0.358 e. The van der Waals surface area contributed by atoms with Crippen LogP contribution in [0, 0.1) is 17.0 Å². The quantitative estimate of drug-likeness (QED) is 0.421. The number of nitrogens with one attached hydrogen (secondary N) is 2. The van der Waals surface area contributed by atoms with Crippen LogP contribution in [0.2, 0.25) is 0 Å². The summed E-state index contributed by atoms with van der Waals surface area (Å²) in [6.07, 6.45) is 0.781. The highest BCUT2D eigenvalue weighted by Gasteiger charge is 2.20. The summed E-state index contributed by atoms with van der Waals surface area (Å²) in [5, 5.41) is 11.5. The second-order valence-corrected chi connectivity index (χ2v) is 5.25. The zero-order valence-electron chi connectivity index (χ0n) is 12.5.